The minimum Gasteiger partial charge on any atom is -0.327 e. The standard InChI is InChI=1S/C11H20N2S.ClH/c1-9(2)13(7-10(3)12)8-11-5-4-6-14-11;/h4-6,9-10H,7-8,12H2,1-3H3;1H. The molecule has 0 aliphatic carbocycles. The van der Waals surface area contributed by atoms with E-state index in [1.807, 2.05) is 11.3 Å². The van der Waals surface area contributed by atoms with Gasteiger partial charge in [0.05, 0.1) is 0 Å². The highest BCUT2D eigenvalue weighted by Crippen LogP contribution is 2.13. The average molecular weight is 249 g/mol. The summed E-state index contributed by atoms with van der Waals surface area (Å²) in [5, 5.41) is 2.12. The van der Waals surface area contributed by atoms with E-state index in [9.17, 15) is 0 Å². The molecule has 2 nitrogen and oxygen atoms in total. The Kier molecular flexibility index (Phi) is 7.18. The zero-order chi connectivity index (χ0) is 10.6. The van der Waals surface area contributed by atoms with Gasteiger partial charge in [-0.05, 0) is 32.2 Å². The van der Waals surface area contributed by atoms with Crippen LogP contribution in [0, 0.1) is 0 Å². The summed E-state index contributed by atoms with van der Waals surface area (Å²) in [4.78, 5) is 3.83. The molecular weight excluding hydrogens is 228 g/mol. The van der Waals surface area contributed by atoms with Crippen LogP contribution >= 0.6 is 23.7 Å². The maximum atomic E-state index is 5.82. The Morgan fingerprint density at radius 3 is 2.47 bits per heavy atom. The third-order valence-electron chi connectivity index (χ3n) is 2.19. The molecule has 1 unspecified atom stereocenters. The van der Waals surface area contributed by atoms with E-state index in [2.05, 4.69) is 43.2 Å². The Hall–Kier alpha value is -0.0900. The highest BCUT2D eigenvalue weighted by atomic mass is 35.5. The molecule has 0 amide bonds. The van der Waals surface area contributed by atoms with Crippen LogP contribution < -0.4 is 5.73 Å². The number of hydrogen-bond donors (Lipinski definition) is 1. The van der Waals surface area contributed by atoms with E-state index in [1.165, 1.54) is 4.88 Å². The molecule has 1 heterocycles. The summed E-state index contributed by atoms with van der Waals surface area (Å²) >= 11 is 1.81. The van der Waals surface area contributed by atoms with E-state index in [0.29, 0.717) is 6.04 Å². The lowest BCUT2D eigenvalue weighted by Gasteiger charge is -2.27. The van der Waals surface area contributed by atoms with Gasteiger partial charge in [-0.2, -0.15) is 0 Å². The molecule has 4 heteroatoms. The number of nitrogens with zero attached hydrogens (tertiary/aromatic N) is 1. The van der Waals surface area contributed by atoms with Crippen molar-refractivity contribution < 1.29 is 0 Å². The second-order valence-electron chi connectivity index (χ2n) is 4.08. The Balaban J connectivity index is 0.00000196. The van der Waals surface area contributed by atoms with Crippen molar-refractivity contribution in [2.24, 2.45) is 5.73 Å². The zero-order valence-electron chi connectivity index (χ0n) is 9.64. The van der Waals surface area contributed by atoms with Crippen molar-refractivity contribution in [1.29, 1.82) is 0 Å². The molecule has 0 fully saturated rings. The van der Waals surface area contributed by atoms with Crippen LogP contribution in [0.2, 0.25) is 0 Å². The van der Waals surface area contributed by atoms with Gasteiger partial charge >= 0.3 is 0 Å². The Labute approximate surface area is 103 Å². The third kappa shape index (κ3) is 5.52. The van der Waals surface area contributed by atoms with Crippen LogP contribution in [0.1, 0.15) is 25.6 Å². The van der Waals surface area contributed by atoms with Crippen molar-refractivity contribution in [3.05, 3.63) is 22.4 Å². The van der Waals surface area contributed by atoms with E-state index in [-0.39, 0.29) is 18.4 Å². The summed E-state index contributed by atoms with van der Waals surface area (Å²) < 4.78 is 0. The van der Waals surface area contributed by atoms with Gasteiger partial charge in [-0.1, -0.05) is 6.07 Å². The summed E-state index contributed by atoms with van der Waals surface area (Å²) in [6.45, 7) is 8.49. The number of thiophene rings is 1. The van der Waals surface area contributed by atoms with Crippen LogP contribution in [-0.4, -0.2) is 23.5 Å². The minimum atomic E-state index is 0. The highest BCUT2D eigenvalue weighted by molar-refractivity contribution is 7.09. The zero-order valence-corrected chi connectivity index (χ0v) is 11.3. The third-order valence-corrected chi connectivity index (χ3v) is 3.05. The first kappa shape index (κ1) is 14.9. The van der Waals surface area contributed by atoms with Gasteiger partial charge < -0.3 is 5.73 Å². The molecule has 15 heavy (non-hydrogen) atoms. The van der Waals surface area contributed by atoms with Gasteiger partial charge in [0.2, 0.25) is 0 Å². The predicted octanol–water partition coefficient (Wildman–Crippen LogP) is 2.73. The molecule has 0 aromatic carbocycles. The van der Waals surface area contributed by atoms with E-state index < -0.39 is 0 Å². The fourth-order valence-electron chi connectivity index (χ4n) is 1.43. The summed E-state index contributed by atoms with van der Waals surface area (Å²) in [6, 6.07) is 5.09. The van der Waals surface area contributed by atoms with Gasteiger partial charge in [-0.25, -0.2) is 0 Å². The Bertz CT molecular complexity index is 247. The quantitative estimate of drug-likeness (QED) is 0.868. The molecule has 0 aliphatic rings. The molecule has 0 bridgehead atoms. The molecule has 1 aromatic rings. The number of rotatable bonds is 5. The second kappa shape index (κ2) is 7.23. The monoisotopic (exact) mass is 248 g/mol. The first-order valence-corrected chi connectivity index (χ1v) is 5.99. The van der Waals surface area contributed by atoms with Gasteiger partial charge in [0.25, 0.3) is 0 Å². The van der Waals surface area contributed by atoms with Crippen molar-refractivity contribution in [1.82, 2.24) is 4.90 Å². The first-order chi connectivity index (χ1) is 6.59. The van der Waals surface area contributed by atoms with Gasteiger partial charge in [-0.15, -0.1) is 23.7 Å². The maximum absolute atomic E-state index is 5.82. The van der Waals surface area contributed by atoms with E-state index >= 15 is 0 Å². The lowest BCUT2D eigenvalue weighted by Crippen LogP contribution is -2.39. The number of halogens is 1. The fraction of sp³-hybridized carbons (Fsp3) is 0.636. The van der Waals surface area contributed by atoms with Gasteiger partial charge in [0.15, 0.2) is 0 Å². The summed E-state index contributed by atoms with van der Waals surface area (Å²) in [7, 11) is 0. The maximum Gasteiger partial charge on any atom is 0.0331 e. The molecule has 1 aromatic heterocycles. The van der Waals surface area contributed by atoms with Crippen molar-refractivity contribution in [3.63, 3.8) is 0 Å². The molecule has 1 rings (SSSR count). The Morgan fingerprint density at radius 2 is 2.07 bits per heavy atom. The lowest BCUT2D eigenvalue weighted by molar-refractivity contribution is 0.205. The second-order valence-corrected chi connectivity index (χ2v) is 5.11. The van der Waals surface area contributed by atoms with Crippen LogP contribution in [0.5, 0.6) is 0 Å². The molecule has 0 aliphatic heterocycles. The van der Waals surface area contributed by atoms with E-state index in [1.54, 1.807) is 0 Å². The largest absolute Gasteiger partial charge is 0.327 e. The van der Waals surface area contributed by atoms with Crippen molar-refractivity contribution in [2.75, 3.05) is 6.54 Å². The lowest BCUT2D eigenvalue weighted by atomic mass is 10.2. The molecule has 0 spiro atoms. The summed E-state index contributed by atoms with van der Waals surface area (Å²) in [5.41, 5.74) is 5.82. The fourth-order valence-corrected chi connectivity index (χ4v) is 2.16. The highest BCUT2D eigenvalue weighted by Gasteiger charge is 2.11. The average Bonchev–Trinajstić information content (AvgIpc) is 2.54. The molecular formula is C11H21ClN2S. The van der Waals surface area contributed by atoms with E-state index in [4.69, 9.17) is 5.73 Å². The minimum absolute atomic E-state index is 0. The van der Waals surface area contributed by atoms with Gasteiger partial charge in [-0.3, -0.25) is 4.90 Å². The topological polar surface area (TPSA) is 29.3 Å². The van der Waals surface area contributed by atoms with Crippen LogP contribution in [0.15, 0.2) is 17.5 Å². The number of nitrogens with two attached hydrogens (primary N) is 1. The van der Waals surface area contributed by atoms with Crippen molar-refractivity contribution >= 4 is 23.7 Å². The van der Waals surface area contributed by atoms with Crippen LogP contribution in [0.25, 0.3) is 0 Å². The number of hydrogen-bond acceptors (Lipinski definition) is 3. The van der Waals surface area contributed by atoms with Crippen LogP contribution in [0.4, 0.5) is 0 Å². The van der Waals surface area contributed by atoms with Gasteiger partial charge in [0, 0.05) is 30.1 Å². The molecule has 0 saturated carbocycles. The summed E-state index contributed by atoms with van der Waals surface area (Å²) in [5.74, 6) is 0. The van der Waals surface area contributed by atoms with Crippen LogP contribution in [-0.2, 0) is 6.54 Å². The SMILES string of the molecule is CC(N)CN(Cc1cccs1)C(C)C.Cl. The molecule has 2 N–H and O–H groups in total. The van der Waals surface area contributed by atoms with Gasteiger partial charge in [0.1, 0.15) is 0 Å². The molecule has 1 atom stereocenters. The normalized spacial score (nSPS) is 12.9. The Morgan fingerprint density at radius 1 is 1.40 bits per heavy atom. The van der Waals surface area contributed by atoms with Crippen molar-refractivity contribution in [2.45, 2.75) is 39.4 Å². The molecule has 88 valence electrons. The summed E-state index contributed by atoms with van der Waals surface area (Å²) in [6.07, 6.45) is 0. The van der Waals surface area contributed by atoms with Crippen LogP contribution in [0.3, 0.4) is 0 Å². The van der Waals surface area contributed by atoms with E-state index in [0.717, 1.165) is 13.1 Å². The predicted molar refractivity (Wildman–Crippen MR) is 70.8 cm³/mol. The molecule has 0 radical (unpaired) electrons. The van der Waals surface area contributed by atoms with Crippen molar-refractivity contribution in [3.8, 4) is 0 Å². The first-order valence-electron chi connectivity index (χ1n) is 5.11. The molecule has 0 saturated heterocycles. The smallest absolute Gasteiger partial charge is 0.0331 e.